The fourth-order valence-electron chi connectivity index (χ4n) is 1.37. The lowest BCUT2D eigenvalue weighted by Gasteiger charge is -2.16. The smallest absolute Gasteiger partial charge is 0.325 e. The number of hydrogen-bond donors (Lipinski definition) is 2. The molecule has 3 N–H and O–H groups in total. The van der Waals surface area contributed by atoms with Crippen LogP contribution in [0.5, 0.6) is 0 Å². The standard InChI is InChI=1S/C10H16BrN3O2/c1-10(2,3)4-6-8(11)9(12)14(13-6)5-7(15)16/h4-5,12H2,1-3H3,(H,15,16). The van der Waals surface area contributed by atoms with Crippen molar-refractivity contribution in [2.24, 2.45) is 5.41 Å². The summed E-state index contributed by atoms with van der Waals surface area (Å²) in [5.41, 5.74) is 6.64. The minimum absolute atomic E-state index is 0.0807. The first-order chi connectivity index (χ1) is 7.20. The van der Waals surface area contributed by atoms with Gasteiger partial charge in [-0.3, -0.25) is 4.79 Å². The van der Waals surface area contributed by atoms with Crippen molar-refractivity contribution in [1.29, 1.82) is 0 Å². The Morgan fingerprint density at radius 1 is 1.56 bits per heavy atom. The molecule has 16 heavy (non-hydrogen) atoms. The van der Waals surface area contributed by atoms with E-state index >= 15 is 0 Å². The second kappa shape index (κ2) is 4.45. The average Bonchev–Trinajstić information content (AvgIpc) is 2.30. The number of rotatable bonds is 3. The summed E-state index contributed by atoms with van der Waals surface area (Å²) >= 11 is 3.34. The number of carboxylic acid groups (broad SMARTS) is 1. The monoisotopic (exact) mass is 289 g/mol. The highest BCUT2D eigenvalue weighted by Gasteiger charge is 2.20. The Morgan fingerprint density at radius 3 is 2.56 bits per heavy atom. The van der Waals surface area contributed by atoms with Gasteiger partial charge in [0, 0.05) is 0 Å². The molecule has 1 heterocycles. The van der Waals surface area contributed by atoms with E-state index in [4.69, 9.17) is 10.8 Å². The number of aliphatic carboxylic acids is 1. The molecule has 90 valence electrons. The normalized spacial score (nSPS) is 11.8. The van der Waals surface area contributed by atoms with E-state index in [1.807, 2.05) is 0 Å². The van der Waals surface area contributed by atoms with E-state index in [0.717, 1.165) is 12.1 Å². The second-order valence-electron chi connectivity index (χ2n) is 4.93. The molecule has 1 aromatic rings. The van der Waals surface area contributed by atoms with Crippen molar-refractivity contribution in [2.75, 3.05) is 5.73 Å². The van der Waals surface area contributed by atoms with Crippen molar-refractivity contribution in [3.05, 3.63) is 10.2 Å². The van der Waals surface area contributed by atoms with Gasteiger partial charge in [0.25, 0.3) is 0 Å². The van der Waals surface area contributed by atoms with E-state index < -0.39 is 5.97 Å². The number of aromatic nitrogens is 2. The van der Waals surface area contributed by atoms with Crippen molar-refractivity contribution in [3.63, 3.8) is 0 Å². The molecule has 0 saturated heterocycles. The average molecular weight is 290 g/mol. The molecule has 0 aliphatic carbocycles. The maximum absolute atomic E-state index is 10.6. The number of halogens is 1. The highest BCUT2D eigenvalue weighted by molar-refractivity contribution is 9.10. The molecule has 1 rings (SSSR count). The molecule has 0 aliphatic rings. The second-order valence-corrected chi connectivity index (χ2v) is 5.73. The SMILES string of the molecule is CC(C)(C)Cc1nn(CC(=O)O)c(N)c1Br. The third-order valence-electron chi connectivity index (χ3n) is 1.98. The fraction of sp³-hybridized carbons (Fsp3) is 0.600. The van der Waals surface area contributed by atoms with Gasteiger partial charge in [0.15, 0.2) is 0 Å². The van der Waals surface area contributed by atoms with Gasteiger partial charge < -0.3 is 10.8 Å². The van der Waals surface area contributed by atoms with Crippen LogP contribution in [0, 0.1) is 5.41 Å². The van der Waals surface area contributed by atoms with Crippen molar-refractivity contribution < 1.29 is 9.90 Å². The molecular weight excluding hydrogens is 274 g/mol. The molecule has 0 bridgehead atoms. The van der Waals surface area contributed by atoms with E-state index in [0.29, 0.717) is 10.3 Å². The first-order valence-corrected chi connectivity index (χ1v) is 5.72. The van der Waals surface area contributed by atoms with Crippen LogP contribution in [-0.2, 0) is 17.8 Å². The molecule has 0 fully saturated rings. The molecule has 0 unspecified atom stereocenters. The highest BCUT2D eigenvalue weighted by atomic mass is 79.9. The van der Waals surface area contributed by atoms with Crippen LogP contribution in [0.25, 0.3) is 0 Å². The third kappa shape index (κ3) is 3.23. The summed E-state index contributed by atoms with van der Waals surface area (Å²) in [5, 5.41) is 12.9. The summed E-state index contributed by atoms with van der Waals surface area (Å²) in [6.45, 7) is 6.05. The third-order valence-corrected chi connectivity index (χ3v) is 2.84. The van der Waals surface area contributed by atoms with Crippen molar-refractivity contribution in [1.82, 2.24) is 9.78 Å². The maximum atomic E-state index is 10.6. The van der Waals surface area contributed by atoms with Gasteiger partial charge in [-0.1, -0.05) is 20.8 Å². The molecule has 1 aromatic heterocycles. The molecule has 0 radical (unpaired) electrons. The van der Waals surface area contributed by atoms with Crippen LogP contribution >= 0.6 is 15.9 Å². The summed E-state index contributed by atoms with van der Waals surface area (Å²) in [6, 6.07) is 0. The summed E-state index contributed by atoms with van der Waals surface area (Å²) in [4.78, 5) is 10.6. The molecule has 0 saturated carbocycles. The van der Waals surface area contributed by atoms with Crippen LogP contribution in [0.3, 0.4) is 0 Å². The van der Waals surface area contributed by atoms with Crippen LogP contribution in [-0.4, -0.2) is 20.9 Å². The summed E-state index contributed by atoms with van der Waals surface area (Å²) in [6.07, 6.45) is 0.740. The molecule has 0 atom stereocenters. The van der Waals surface area contributed by atoms with Gasteiger partial charge in [0.1, 0.15) is 12.4 Å². The maximum Gasteiger partial charge on any atom is 0.325 e. The van der Waals surface area contributed by atoms with E-state index in [1.54, 1.807) is 0 Å². The Morgan fingerprint density at radius 2 is 2.12 bits per heavy atom. The molecular formula is C10H16BrN3O2. The Hall–Kier alpha value is -1.04. The van der Waals surface area contributed by atoms with E-state index in [2.05, 4.69) is 41.8 Å². The van der Waals surface area contributed by atoms with Crippen LogP contribution < -0.4 is 5.73 Å². The fourth-order valence-corrected chi connectivity index (χ4v) is 1.79. The lowest BCUT2D eigenvalue weighted by atomic mass is 9.91. The predicted octanol–water partition coefficient (Wildman–Crippen LogP) is 1.90. The van der Waals surface area contributed by atoms with Crippen molar-refractivity contribution in [3.8, 4) is 0 Å². The van der Waals surface area contributed by atoms with Crippen molar-refractivity contribution in [2.45, 2.75) is 33.7 Å². The molecule has 5 nitrogen and oxygen atoms in total. The van der Waals surface area contributed by atoms with Crippen molar-refractivity contribution >= 4 is 27.7 Å². The van der Waals surface area contributed by atoms with Crippen LogP contribution in [0.2, 0.25) is 0 Å². The van der Waals surface area contributed by atoms with Crippen LogP contribution in [0.4, 0.5) is 5.82 Å². The Balaban J connectivity index is 3.00. The molecule has 0 aromatic carbocycles. The number of carbonyl (C=O) groups is 1. The van der Waals surface area contributed by atoms with Gasteiger partial charge in [-0.15, -0.1) is 0 Å². The zero-order chi connectivity index (χ0) is 12.5. The predicted molar refractivity (Wildman–Crippen MR) is 65.1 cm³/mol. The summed E-state index contributed by atoms with van der Waals surface area (Å²) < 4.78 is 2.00. The van der Waals surface area contributed by atoms with Gasteiger partial charge in [-0.25, -0.2) is 4.68 Å². The van der Waals surface area contributed by atoms with Gasteiger partial charge in [-0.2, -0.15) is 5.10 Å². The lowest BCUT2D eigenvalue weighted by molar-refractivity contribution is -0.137. The van der Waals surface area contributed by atoms with Crippen LogP contribution in [0.1, 0.15) is 26.5 Å². The minimum Gasteiger partial charge on any atom is -0.480 e. The van der Waals surface area contributed by atoms with E-state index in [9.17, 15) is 4.79 Å². The molecule has 0 aliphatic heterocycles. The van der Waals surface area contributed by atoms with Gasteiger partial charge in [0.05, 0.1) is 10.2 Å². The first-order valence-electron chi connectivity index (χ1n) is 4.93. The Labute approximate surface area is 103 Å². The van der Waals surface area contributed by atoms with Gasteiger partial charge in [-0.05, 0) is 27.8 Å². The minimum atomic E-state index is -0.955. The molecule has 6 heteroatoms. The number of nitrogens with zero attached hydrogens (tertiary/aromatic N) is 2. The van der Waals surface area contributed by atoms with Gasteiger partial charge >= 0.3 is 5.97 Å². The number of carboxylic acids is 1. The quantitative estimate of drug-likeness (QED) is 0.891. The molecule has 0 spiro atoms. The zero-order valence-corrected chi connectivity index (χ0v) is 11.2. The Kier molecular flexibility index (Phi) is 3.62. The number of anilines is 1. The Bertz CT molecular complexity index is 407. The highest BCUT2D eigenvalue weighted by Crippen LogP contribution is 2.29. The first kappa shape index (κ1) is 13.0. The summed E-state index contributed by atoms with van der Waals surface area (Å²) in [7, 11) is 0. The number of nitrogens with two attached hydrogens (primary N) is 1. The van der Waals surface area contributed by atoms with Crippen LogP contribution in [0.15, 0.2) is 4.47 Å². The van der Waals surface area contributed by atoms with E-state index in [-0.39, 0.29) is 12.0 Å². The lowest BCUT2D eigenvalue weighted by Crippen LogP contribution is -2.14. The largest absolute Gasteiger partial charge is 0.480 e. The topological polar surface area (TPSA) is 81.1 Å². The summed E-state index contributed by atoms with van der Waals surface area (Å²) in [5.74, 6) is -0.592. The number of hydrogen-bond acceptors (Lipinski definition) is 3. The van der Waals surface area contributed by atoms with E-state index in [1.165, 1.54) is 4.68 Å². The zero-order valence-electron chi connectivity index (χ0n) is 9.62. The number of nitrogen functional groups attached to an aromatic ring is 1. The molecule has 0 amide bonds. The van der Waals surface area contributed by atoms with Gasteiger partial charge in [0.2, 0.25) is 0 Å².